The van der Waals surface area contributed by atoms with E-state index in [9.17, 15) is 9.59 Å². The van der Waals surface area contributed by atoms with Crippen LogP contribution in [-0.4, -0.2) is 41.5 Å². The summed E-state index contributed by atoms with van der Waals surface area (Å²) in [5.41, 5.74) is 1.90. The van der Waals surface area contributed by atoms with E-state index in [1.165, 1.54) is 0 Å². The summed E-state index contributed by atoms with van der Waals surface area (Å²) in [4.78, 5) is 24.4. The summed E-state index contributed by atoms with van der Waals surface area (Å²) in [6.07, 6.45) is 2.85. The van der Waals surface area contributed by atoms with Gasteiger partial charge in [-0.15, -0.1) is 0 Å². The number of amides is 1. The van der Waals surface area contributed by atoms with Crippen LogP contribution in [0.1, 0.15) is 30.4 Å². The smallest absolute Gasteiger partial charge is 0.307 e. The van der Waals surface area contributed by atoms with Gasteiger partial charge in [-0.1, -0.05) is 24.3 Å². The summed E-state index contributed by atoms with van der Waals surface area (Å²) in [6, 6.07) is 7.52. The van der Waals surface area contributed by atoms with E-state index in [1.54, 1.807) is 0 Å². The zero-order valence-corrected chi connectivity index (χ0v) is 12.2. The monoisotopic (exact) mass is 290 g/mol. The fraction of sp³-hybridized carbons (Fsp3) is 0.500. The number of carboxylic acid groups (broad SMARTS) is 1. The van der Waals surface area contributed by atoms with Crippen LogP contribution in [0.2, 0.25) is 0 Å². The van der Waals surface area contributed by atoms with Gasteiger partial charge in [0.1, 0.15) is 0 Å². The van der Waals surface area contributed by atoms with Crippen molar-refractivity contribution >= 4 is 11.9 Å². The lowest BCUT2D eigenvalue weighted by molar-refractivity contribution is -0.136. The van der Waals surface area contributed by atoms with E-state index in [2.05, 4.69) is 5.32 Å². The first-order chi connectivity index (χ1) is 10.1. The first-order valence-corrected chi connectivity index (χ1v) is 7.43. The second kappa shape index (κ2) is 7.78. The Kier molecular flexibility index (Phi) is 5.75. The maximum atomic E-state index is 11.8. The molecule has 0 bridgehead atoms. The third kappa shape index (κ3) is 5.19. The van der Waals surface area contributed by atoms with Gasteiger partial charge in [0.15, 0.2) is 0 Å². The Morgan fingerprint density at radius 2 is 1.71 bits per heavy atom. The van der Waals surface area contributed by atoms with Gasteiger partial charge >= 0.3 is 5.97 Å². The summed E-state index contributed by atoms with van der Waals surface area (Å²) in [6.45, 7) is 3.18. The summed E-state index contributed by atoms with van der Waals surface area (Å²) in [5.74, 6) is -0.585. The summed E-state index contributed by atoms with van der Waals surface area (Å²) in [7, 11) is 0. The second-order valence-electron chi connectivity index (χ2n) is 5.40. The Bertz CT molecular complexity index is 479. The molecular weight excluding hydrogens is 268 g/mol. The number of hydrogen-bond acceptors (Lipinski definition) is 3. The van der Waals surface area contributed by atoms with Crippen molar-refractivity contribution in [2.24, 2.45) is 0 Å². The summed E-state index contributed by atoms with van der Waals surface area (Å²) in [5, 5.41) is 12.0. The van der Waals surface area contributed by atoms with Gasteiger partial charge in [-0.3, -0.25) is 9.59 Å². The van der Waals surface area contributed by atoms with Gasteiger partial charge in [0, 0.05) is 32.6 Å². The Balaban J connectivity index is 1.66. The first-order valence-electron chi connectivity index (χ1n) is 7.43. The van der Waals surface area contributed by atoms with Gasteiger partial charge in [-0.25, -0.2) is 0 Å². The molecule has 1 aromatic rings. The van der Waals surface area contributed by atoms with Crippen LogP contribution >= 0.6 is 0 Å². The highest BCUT2D eigenvalue weighted by atomic mass is 16.4. The topological polar surface area (TPSA) is 69.6 Å². The fourth-order valence-electron chi connectivity index (χ4n) is 2.50. The molecule has 1 aliphatic rings. The van der Waals surface area contributed by atoms with Crippen LogP contribution in [0.15, 0.2) is 24.3 Å². The Morgan fingerprint density at radius 3 is 2.33 bits per heavy atom. The van der Waals surface area contributed by atoms with Crippen LogP contribution in [0.3, 0.4) is 0 Å². The minimum absolute atomic E-state index is 0.0536. The van der Waals surface area contributed by atoms with Gasteiger partial charge in [0.2, 0.25) is 5.91 Å². The molecule has 0 aromatic heterocycles. The summed E-state index contributed by atoms with van der Waals surface area (Å²) < 4.78 is 0. The number of nitrogens with zero attached hydrogens (tertiary/aromatic N) is 1. The van der Waals surface area contributed by atoms with Crippen molar-refractivity contribution in [3.05, 3.63) is 35.4 Å². The molecule has 2 N–H and O–H groups in total. The molecule has 5 nitrogen and oxygen atoms in total. The van der Waals surface area contributed by atoms with E-state index in [-0.39, 0.29) is 12.3 Å². The van der Waals surface area contributed by atoms with E-state index in [0.29, 0.717) is 19.5 Å². The highest BCUT2D eigenvalue weighted by molar-refractivity contribution is 5.76. The molecule has 1 heterocycles. The van der Waals surface area contributed by atoms with Crippen LogP contribution in [0, 0.1) is 0 Å². The SMILES string of the molecule is O=C(O)Cc1ccc(CNCCC(=O)N2CCCC2)cc1. The minimum atomic E-state index is -0.818. The van der Waals surface area contributed by atoms with E-state index in [4.69, 9.17) is 5.11 Å². The second-order valence-corrected chi connectivity index (χ2v) is 5.40. The molecule has 1 aliphatic heterocycles. The lowest BCUT2D eigenvalue weighted by Crippen LogP contribution is -2.30. The van der Waals surface area contributed by atoms with E-state index < -0.39 is 5.97 Å². The molecule has 0 spiro atoms. The Labute approximate surface area is 125 Å². The average molecular weight is 290 g/mol. The summed E-state index contributed by atoms with van der Waals surface area (Å²) >= 11 is 0. The van der Waals surface area contributed by atoms with Crippen LogP contribution in [-0.2, 0) is 22.6 Å². The molecule has 0 radical (unpaired) electrons. The highest BCUT2D eigenvalue weighted by Crippen LogP contribution is 2.09. The van der Waals surface area contributed by atoms with Gasteiger partial charge in [0.25, 0.3) is 0 Å². The number of benzene rings is 1. The molecule has 1 fully saturated rings. The molecule has 0 aliphatic carbocycles. The predicted octanol–water partition coefficient (Wildman–Crippen LogP) is 1.42. The van der Waals surface area contributed by atoms with Crippen molar-refractivity contribution in [1.29, 1.82) is 0 Å². The fourth-order valence-corrected chi connectivity index (χ4v) is 2.50. The number of carboxylic acids is 1. The number of likely N-dealkylation sites (tertiary alicyclic amines) is 1. The average Bonchev–Trinajstić information content (AvgIpc) is 2.99. The first kappa shape index (κ1) is 15.5. The number of nitrogens with one attached hydrogen (secondary N) is 1. The number of aliphatic carboxylic acids is 1. The third-order valence-electron chi connectivity index (χ3n) is 3.68. The molecule has 0 atom stereocenters. The largest absolute Gasteiger partial charge is 0.481 e. The third-order valence-corrected chi connectivity index (χ3v) is 3.68. The van der Waals surface area contributed by atoms with Crippen molar-refractivity contribution in [2.45, 2.75) is 32.2 Å². The molecule has 114 valence electrons. The maximum absolute atomic E-state index is 11.8. The predicted molar refractivity (Wildman–Crippen MR) is 79.9 cm³/mol. The molecular formula is C16H22N2O3. The van der Waals surface area contributed by atoms with Gasteiger partial charge in [-0.2, -0.15) is 0 Å². The van der Waals surface area contributed by atoms with E-state index in [1.807, 2.05) is 29.2 Å². The Hall–Kier alpha value is -1.88. The molecule has 1 amide bonds. The number of carbonyl (C=O) groups excluding carboxylic acids is 1. The molecule has 0 saturated carbocycles. The van der Waals surface area contributed by atoms with Crippen LogP contribution in [0.4, 0.5) is 0 Å². The van der Waals surface area contributed by atoms with Crippen molar-refractivity contribution < 1.29 is 14.7 Å². The lowest BCUT2D eigenvalue weighted by atomic mass is 10.1. The molecule has 0 unspecified atom stereocenters. The zero-order valence-electron chi connectivity index (χ0n) is 12.2. The lowest BCUT2D eigenvalue weighted by Gasteiger charge is -2.15. The highest BCUT2D eigenvalue weighted by Gasteiger charge is 2.16. The molecule has 5 heteroatoms. The Morgan fingerprint density at radius 1 is 1.10 bits per heavy atom. The van der Waals surface area contributed by atoms with Crippen LogP contribution < -0.4 is 5.32 Å². The maximum Gasteiger partial charge on any atom is 0.307 e. The minimum Gasteiger partial charge on any atom is -0.481 e. The molecule has 2 rings (SSSR count). The zero-order chi connectivity index (χ0) is 15.1. The van der Waals surface area contributed by atoms with Crippen LogP contribution in [0.25, 0.3) is 0 Å². The van der Waals surface area contributed by atoms with Crippen molar-refractivity contribution in [3.8, 4) is 0 Å². The van der Waals surface area contributed by atoms with Gasteiger partial charge in [0.05, 0.1) is 6.42 Å². The van der Waals surface area contributed by atoms with E-state index in [0.717, 1.165) is 37.1 Å². The van der Waals surface area contributed by atoms with Gasteiger partial charge < -0.3 is 15.3 Å². The van der Waals surface area contributed by atoms with Crippen molar-refractivity contribution in [1.82, 2.24) is 10.2 Å². The molecule has 1 aromatic carbocycles. The number of rotatable bonds is 7. The standard InChI is InChI=1S/C16H22N2O3/c19-15(18-9-1-2-10-18)7-8-17-12-14-5-3-13(4-6-14)11-16(20)21/h3-6,17H,1-2,7-12H2,(H,20,21). The van der Waals surface area contributed by atoms with Crippen molar-refractivity contribution in [2.75, 3.05) is 19.6 Å². The van der Waals surface area contributed by atoms with Crippen molar-refractivity contribution in [3.63, 3.8) is 0 Å². The van der Waals surface area contributed by atoms with Gasteiger partial charge in [-0.05, 0) is 24.0 Å². The molecule has 21 heavy (non-hydrogen) atoms. The normalized spacial score (nSPS) is 14.4. The number of hydrogen-bond donors (Lipinski definition) is 2. The number of carbonyl (C=O) groups is 2. The molecule has 1 saturated heterocycles. The quantitative estimate of drug-likeness (QED) is 0.745. The van der Waals surface area contributed by atoms with Crippen LogP contribution in [0.5, 0.6) is 0 Å². The van der Waals surface area contributed by atoms with E-state index >= 15 is 0 Å².